The summed E-state index contributed by atoms with van der Waals surface area (Å²) in [5.41, 5.74) is 1.74. The molecule has 0 bridgehead atoms. The van der Waals surface area contributed by atoms with E-state index in [1.807, 2.05) is 12.4 Å². The van der Waals surface area contributed by atoms with Gasteiger partial charge in [-0.25, -0.2) is 18.4 Å². The first-order chi connectivity index (χ1) is 12.9. The van der Waals surface area contributed by atoms with Gasteiger partial charge in [0, 0.05) is 42.9 Å². The predicted octanol–water partition coefficient (Wildman–Crippen LogP) is 3.42. The number of pyridine rings is 1. The fourth-order valence-corrected chi connectivity index (χ4v) is 4.96. The second kappa shape index (κ2) is 8.86. The molecule has 3 heterocycles. The Balaban J connectivity index is 1.64. The summed E-state index contributed by atoms with van der Waals surface area (Å²) < 4.78 is 24.2. The topological polar surface area (TPSA) is 76.1 Å². The maximum atomic E-state index is 12.1. The summed E-state index contributed by atoms with van der Waals surface area (Å²) in [6.07, 6.45) is 8.24. The number of aromatic nitrogens is 3. The zero-order chi connectivity index (χ0) is 19.4. The first kappa shape index (κ1) is 20.5. The second-order valence-electron chi connectivity index (χ2n) is 6.67. The third-order valence-electron chi connectivity index (χ3n) is 4.58. The summed E-state index contributed by atoms with van der Waals surface area (Å²) in [7, 11) is -3.36. The molecule has 0 N–H and O–H groups in total. The molecule has 6 nitrogen and oxygen atoms in total. The van der Waals surface area contributed by atoms with Crippen molar-refractivity contribution >= 4 is 33.2 Å². The van der Waals surface area contributed by atoms with Gasteiger partial charge in [0.25, 0.3) is 0 Å². The van der Waals surface area contributed by atoms with Gasteiger partial charge >= 0.3 is 0 Å². The van der Waals surface area contributed by atoms with Crippen LogP contribution in [0.2, 0.25) is 5.02 Å². The summed E-state index contributed by atoms with van der Waals surface area (Å²) in [6.45, 7) is 4.64. The van der Waals surface area contributed by atoms with Crippen molar-refractivity contribution < 1.29 is 8.42 Å². The van der Waals surface area contributed by atoms with Crippen molar-refractivity contribution in [1.29, 1.82) is 0 Å². The number of piperidine rings is 1. The third-order valence-corrected chi connectivity index (χ3v) is 6.67. The lowest BCUT2D eigenvalue weighted by molar-refractivity contribution is 0.202. The lowest BCUT2D eigenvalue weighted by Crippen LogP contribution is -2.33. The standard InChI is InChI=1S/C18H23ClN4O2S2/c1-3-26-18-21-9-13(10-22-18)12-23-6-4-14(5-7-23)17-16(27(2,24)25)8-15(19)11-20-17/h8-11,14H,3-7,12H2,1-2H3. The van der Waals surface area contributed by atoms with Crippen molar-refractivity contribution in [3.8, 4) is 0 Å². The van der Waals surface area contributed by atoms with E-state index in [2.05, 4.69) is 26.8 Å². The van der Waals surface area contributed by atoms with Gasteiger partial charge in [0.15, 0.2) is 15.0 Å². The van der Waals surface area contributed by atoms with Gasteiger partial charge in [-0.3, -0.25) is 9.88 Å². The van der Waals surface area contributed by atoms with Crippen LogP contribution in [0.5, 0.6) is 0 Å². The van der Waals surface area contributed by atoms with E-state index in [9.17, 15) is 8.42 Å². The van der Waals surface area contributed by atoms with Crippen molar-refractivity contribution in [2.75, 3.05) is 25.1 Å². The Kier molecular flexibility index (Phi) is 6.73. The van der Waals surface area contributed by atoms with E-state index in [1.165, 1.54) is 18.5 Å². The molecule has 0 aliphatic carbocycles. The number of nitrogens with zero attached hydrogens (tertiary/aromatic N) is 4. The molecule has 0 radical (unpaired) electrons. The SMILES string of the molecule is CCSc1ncc(CN2CCC(c3ncc(Cl)cc3S(C)(=O)=O)CC2)cn1. The minimum atomic E-state index is -3.36. The van der Waals surface area contributed by atoms with E-state index in [4.69, 9.17) is 11.6 Å². The van der Waals surface area contributed by atoms with E-state index in [1.54, 1.807) is 11.8 Å². The second-order valence-corrected chi connectivity index (χ2v) is 10.3. The van der Waals surface area contributed by atoms with Crippen LogP contribution in [-0.2, 0) is 16.4 Å². The molecule has 1 saturated heterocycles. The Morgan fingerprint density at radius 1 is 1.19 bits per heavy atom. The fourth-order valence-electron chi connectivity index (χ4n) is 3.29. The monoisotopic (exact) mass is 426 g/mol. The largest absolute Gasteiger partial charge is 0.299 e. The van der Waals surface area contributed by atoms with Crippen LogP contribution in [-0.4, -0.2) is 53.4 Å². The number of hydrogen-bond acceptors (Lipinski definition) is 7. The molecule has 0 aromatic carbocycles. The van der Waals surface area contributed by atoms with Gasteiger partial charge in [0.05, 0.1) is 15.6 Å². The van der Waals surface area contributed by atoms with Crippen LogP contribution in [0.4, 0.5) is 0 Å². The molecule has 0 saturated carbocycles. The maximum absolute atomic E-state index is 12.1. The van der Waals surface area contributed by atoms with E-state index < -0.39 is 9.84 Å². The van der Waals surface area contributed by atoms with Gasteiger partial charge in [-0.1, -0.05) is 30.3 Å². The van der Waals surface area contributed by atoms with Crippen LogP contribution >= 0.6 is 23.4 Å². The number of sulfone groups is 1. The Hall–Kier alpha value is -1.22. The van der Waals surface area contributed by atoms with Gasteiger partial charge in [-0.05, 0) is 37.8 Å². The van der Waals surface area contributed by atoms with Gasteiger partial charge in [0.2, 0.25) is 0 Å². The highest BCUT2D eigenvalue weighted by atomic mass is 35.5. The van der Waals surface area contributed by atoms with Crippen LogP contribution in [0, 0.1) is 0 Å². The number of likely N-dealkylation sites (tertiary alicyclic amines) is 1. The van der Waals surface area contributed by atoms with Crippen LogP contribution in [0.15, 0.2) is 34.7 Å². The van der Waals surface area contributed by atoms with Crippen molar-refractivity contribution in [2.24, 2.45) is 0 Å². The number of thioether (sulfide) groups is 1. The Morgan fingerprint density at radius 2 is 1.85 bits per heavy atom. The Labute approximate surface area is 169 Å². The molecule has 1 fully saturated rings. The molecule has 27 heavy (non-hydrogen) atoms. The Bertz CT molecular complexity index is 883. The van der Waals surface area contributed by atoms with Crippen molar-refractivity contribution in [3.63, 3.8) is 0 Å². The summed E-state index contributed by atoms with van der Waals surface area (Å²) in [4.78, 5) is 15.7. The normalized spacial score (nSPS) is 16.6. The van der Waals surface area contributed by atoms with Gasteiger partial charge in [0.1, 0.15) is 0 Å². The number of halogens is 1. The maximum Gasteiger partial charge on any atom is 0.187 e. The molecule has 0 unspecified atom stereocenters. The lowest BCUT2D eigenvalue weighted by atomic mass is 9.93. The van der Waals surface area contributed by atoms with Crippen LogP contribution in [0.1, 0.15) is 36.9 Å². The number of hydrogen-bond donors (Lipinski definition) is 0. The zero-order valence-electron chi connectivity index (χ0n) is 15.4. The van der Waals surface area contributed by atoms with Gasteiger partial charge in [-0.2, -0.15) is 0 Å². The van der Waals surface area contributed by atoms with Crippen molar-refractivity contribution in [2.45, 2.75) is 42.3 Å². The average molecular weight is 427 g/mol. The van der Waals surface area contributed by atoms with Crippen molar-refractivity contribution in [3.05, 3.63) is 40.9 Å². The van der Waals surface area contributed by atoms with Crippen LogP contribution in [0.25, 0.3) is 0 Å². The van der Waals surface area contributed by atoms with Crippen LogP contribution < -0.4 is 0 Å². The third kappa shape index (κ3) is 5.40. The smallest absolute Gasteiger partial charge is 0.187 e. The molecule has 1 aliphatic rings. The minimum Gasteiger partial charge on any atom is -0.299 e. The highest BCUT2D eigenvalue weighted by molar-refractivity contribution is 7.99. The van der Waals surface area contributed by atoms with Crippen LogP contribution in [0.3, 0.4) is 0 Å². The minimum absolute atomic E-state index is 0.128. The summed E-state index contributed by atoms with van der Waals surface area (Å²) in [5, 5.41) is 1.16. The molecule has 2 aromatic rings. The molecule has 0 amide bonds. The summed E-state index contributed by atoms with van der Waals surface area (Å²) in [5.74, 6) is 1.09. The molecule has 1 aliphatic heterocycles. The molecule has 3 rings (SSSR count). The van der Waals surface area contributed by atoms with E-state index in [0.717, 1.165) is 48.9 Å². The highest BCUT2D eigenvalue weighted by Crippen LogP contribution is 2.32. The first-order valence-electron chi connectivity index (χ1n) is 8.88. The lowest BCUT2D eigenvalue weighted by Gasteiger charge is -2.32. The zero-order valence-corrected chi connectivity index (χ0v) is 17.8. The molecule has 0 spiro atoms. The van der Waals surface area contributed by atoms with E-state index in [0.29, 0.717) is 10.7 Å². The highest BCUT2D eigenvalue weighted by Gasteiger charge is 2.27. The quantitative estimate of drug-likeness (QED) is 0.517. The van der Waals surface area contributed by atoms with Crippen molar-refractivity contribution in [1.82, 2.24) is 19.9 Å². The molecule has 0 atom stereocenters. The fraction of sp³-hybridized carbons (Fsp3) is 0.500. The van der Waals surface area contributed by atoms with Gasteiger partial charge in [-0.15, -0.1) is 0 Å². The predicted molar refractivity (Wildman–Crippen MR) is 108 cm³/mol. The number of rotatable bonds is 6. The Morgan fingerprint density at radius 3 is 2.44 bits per heavy atom. The van der Waals surface area contributed by atoms with Gasteiger partial charge < -0.3 is 0 Å². The summed E-state index contributed by atoms with van der Waals surface area (Å²) in [6, 6.07) is 1.51. The van der Waals surface area contributed by atoms with E-state index >= 15 is 0 Å². The molecular formula is C18H23ClN4O2S2. The molecule has 9 heteroatoms. The molecule has 2 aromatic heterocycles. The first-order valence-corrected chi connectivity index (χ1v) is 12.1. The molecule has 146 valence electrons. The van der Waals surface area contributed by atoms with E-state index in [-0.39, 0.29) is 10.8 Å². The molecular weight excluding hydrogens is 404 g/mol. The summed E-state index contributed by atoms with van der Waals surface area (Å²) >= 11 is 7.59. The average Bonchev–Trinajstić information content (AvgIpc) is 2.64.